The summed E-state index contributed by atoms with van der Waals surface area (Å²) in [5.41, 5.74) is 0. The monoisotopic (exact) mass is 307 g/mol. The van der Waals surface area contributed by atoms with Gasteiger partial charge in [-0.15, -0.1) is 11.3 Å². The molecule has 2 unspecified atom stereocenters. The fraction of sp³-hybridized carbons (Fsp3) is 0.562. The number of aliphatic hydroxyl groups excluding tert-OH is 1. The van der Waals surface area contributed by atoms with Crippen LogP contribution in [0.4, 0.5) is 0 Å². The maximum absolute atomic E-state index is 10.3. The number of nitrogens with one attached hydrogen (secondary N) is 1. The van der Waals surface area contributed by atoms with Gasteiger partial charge in [-0.25, -0.2) is 4.98 Å². The van der Waals surface area contributed by atoms with E-state index in [4.69, 9.17) is 0 Å². The van der Waals surface area contributed by atoms with Crippen molar-refractivity contribution in [1.82, 2.24) is 14.9 Å². The van der Waals surface area contributed by atoms with Crippen molar-refractivity contribution >= 4 is 11.3 Å². The van der Waals surface area contributed by atoms with E-state index in [0.29, 0.717) is 12.5 Å². The molecule has 0 aliphatic carbocycles. The number of aromatic nitrogens is 2. The molecule has 0 saturated carbocycles. The highest BCUT2D eigenvalue weighted by atomic mass is 32.1. The van der Waals surface area contributed by atoms with E-state index in [2.05, 4.69) is 41.7 Å². The summed E-state index contributed by atoms with van der Waals surface area (Å²) < 4.78 is 2.03. The molecule has 0 aromatic carbocycles. The molecule has 2 aromatic rings. The first kappa shape index (κ1) is 16.2. The van der Waals surface area contributed by atoms with E-state index in [9.17, 15) is 5.11 Å². The molecule has 4 nitrogen and oxygen atoms in total. The minimum absolute atomic E-state index is 0.0361. The molecule has 21 heavy (non-hydrogen) atoms. The lowest BCUT2D eigenvalue weighted by Crippen LogP contribution is -2.35. The highest BCUT2D eigenvalue weighted by Crippen LogP contribution is 2.25. The van der Waals surface area contributed by atoms with Crippen LogP contribution in [0, 0.1) is 5.92 Å². The van der Waals surface area contributed by atoms with E-state index in [0.717, 1.165) is 18.7 Å². The predicted molar refractivity (Wildman–Crippen MR) is 87.5 cm³/mol. The highest BCUT2D eigenvalue weighted by molar-refractivity contribution is 7.10. The van der Waals surface area contributed by atoms with Crippen LogP contribution in [0.5, 0.6) is 0 Å². The van der Waals surface area contributed by atoms with Crippen LogP contribution >= 0.6 is 11.3 Å². The Kier molecular flexibility index (Phi) is 5.96. The van der Waals surface area contributed by atoms with E-state index in [1.165, 1.54) is 4.88 Å². The van der Waals surface area contributed by atoms with Crippen molar-refractivity contribution < 1.29 is 5.11 Å². The summed E-state index contributed by atoms with van der Waals surface area (Å²) >= 11 is 1.71. The Bertz CT molecular complexity index is 519. The Morgan fingerprint density at radius 2 is 2.14 bits per heavy atom. The van der Waals surface area contributed by atoms with Crippen LogP contribution in [-0.2, 0) is 7.05 Å². The molecule has 5 heteroatoms. The lowest BCUT2D eigenvalue weighted by Gasteiger charge is -2.24. The van der Waals surface area contributed by atoms with Gasteiger partial charge in [-0.05, 0) is 17.4 Å². The third-order valence-corrected chi connectivity index (χ3v) is 5.01. The maximum Gasteiger partial charge on any atom is 0.131 e. The first-order chi connectivity index (χ1) is 10.2. The predicted octanol–water partition coefficient (Wildman–Crippen LogP) is 2.96. The molecule has 0 fully saturated rings. The number of aryl methyl sites for hydroxylation is 1. The van der Waals surface area contributed by atoms with Crippen LogP contribution in [-0.4, -0.2) is 27.3 Å². The van der Waals surface area contributed by atoms with Crippen molar-refractivity contribution in [3.8, 4) is 0 Å². The van der Waals surface area contributed by atoms with Gasteiger partial charge >= 0.3 is 0 Å². The van der Waals surface area contributed by atoms with Crippen molar-refractivity contribution in [2.45, 2.75) is 38.8 Å². The molecular weight excluding hydrogens is 282 g/mol. The number of nitrogens with zero attached hydrogens (tertiary/aromatic N) is 2. The summed E-state index contributed by atoms with van der Waals surface area (Å²) in [7, 11) is 2.00. The molecule has 0 aliphatic rings. The van der Waals surface area contributed by atoms with Gasteiger partial charge in [-0.3, -0.25) is 0 Å². The van der Waals surface area contributed by atoms with Crippen LogP contribution in [0.3, 0.4) is 0 Å². The zero-order valence-corrected chi connectivity index (χ0v) is 13.8. The molecular formula is C16H25N3OS. The Hall–Kier alpha value is -1.17. The SMILES string of the molecule is CCC(CC)C(O)CNC(c1cccs1)c1nccn1C. The average molecular weight is 307 g/mol. The second-order valence-corrected chi connectivity index (χ2v) is 6.38. The topological polar surface area (TPSA) is 50.1 Å². The highest BCUT2D eigenvalue weighted by Gasteiger charge is 2.22. The molecule has 0 amide bonds. The Labute approximate surface area is 130 Å². The van der Waals surface area contributed by atoms with Gasteiger partial charge in [0, 0.05) is 30.9 Å². The van der Waals surface area contributed by atoms with Gasteiger partial charge in [0.2, 0.25) is 0 Å². The van der Waals surface area contributed by atoms with Crippen LogP contribution in [0.25, 0.3) is 0 Å². The number of rotatable bonds is 8. The van der Waals surface area contributed by atoms with E-state index in [1.54, 1.807) is 11.3 Å². The summed E-state index contributed by atoms with van der Waals surface area (Å²) in [5, 5.41) is 15.9. The molecule has 2 N–H and O–H groups in total. The lowest BCUT2D eigenvalue weighted by molar-refractivity contribution is 0.0993. The quantitative estimate of drug-likeness (QED) is 0.788. The van der Waals surface area contributed by atoms with Crippen molar-refractivity contribution in [3.05, 3.63) is 40.6 Å². The molecule has 0 saturated heterocycles. The standard InChI is InChI=1S/C16H25N3OS/c1-4-12(5-2)13(20)11-18-15(14-7-6-10-21-14)16-17-8-9-19(16)3/h6-10,12-13,15,18,20H,4-5,11H2,1-3H3. The molecule has 0 bridgehead atoms. The summed E-state index contributed by atoms with van der Waals surface area (Å²) in [6.45, 7) is 4.85. The van der Waals surface area contributed by atoms with Gasteiger partial charge in [0.15, 0.2) is 0 Å². The molecule has 2 aromatic heterocycles. The summed E-state index contributed by atoms with van der Waals surface area (Å²) in [6.07, 6.45) is 5.46. The normalized spacial score (nSPS) is 14.5. The third-order valence-electron chi connectivity index (χ3n) is 4.07. The molecule has 2 atom stereocenters. The third kappa shape index (κ3) is 3.93. The Morgan fingerprint density at radius 1 is 1.38 bits per heavy atom. The van der Waals surface area contributed by atoms with Crippen molar-refractivity contribution in [1.29, 1.82) is 0 Å². The fourth-order valence-corrected chi connectivity index (χ4v) is 3.46. The number of hydrogen-bond donors (Lipinski definition) is 2. The van der Waals surface area contributed by atoms with Gasteiger partial charge in [0.25, 0.3) is 0 Å². The van der Waals surface area contributed by atoms with Gasteiger partial charge in [0.05, 0.1) is 6.10 Å². The van der Waals surface area contributed by atoms with Crippen molar-refractivity contribution in [2.24, 2.45) is 13.0 Å². The summed E-state index contributed by atoms with van der Waals surface area (Å²) in [6, 6.07) is 4.20. The van der Waals surface area contributed by atoms with Gasteiger partial charge in [-0.1, -0.05) is 32.8 Å². The molecule has 116 valence electrons. The van der Waals surface area contributed by atoms with E-state index in [1.807, 2.05) is 24.0 Å². The Morgan fingerprint density at radius 3 is 2.67 bits per heavy atom. The van der Waals surface area contributed by atoms with Crippen LogP contribution in [0.2, 0.25) is 0 Å². The molecule has 2 rings (SSSR count). The first-order valence-corrected chi connectivity index (χ1v) is 8.47. The number of imidazole rings is 1. The second-order valence-electron chi connectivity index (χ2n) is 5.40. The smallest absolute Gasteiger partial charge is 0.131 e. The molecule has 0 radical (unpaired) electrons. The maximum atomic E-state index is 10.3. The van der Waals surface area contributed by atoms with Crippen molar-refractivity contribution in [3.63, 3.8) is 0 Å². The van der Waals surface area contributed by atoms with Gasteiger partial charge in [0.1, 0.15) is 11.9 Å². The lowest BCUT2D eigenvalue weighted by atomic mass is 9.96. The average Bonchev–Trinajstić information content (AvgIpc) is 3.13. The Balaban J connectivity index is 2.10. The number of thiophene rings is 1. The molecule has 0 aliphatic heterocycles. The van der Waals surface area contributed by atoms with Crippen molar-refractivity contribution in [2.75, 3.05) is 6.54 Å². The molecule has 0 spiro atoms. The van der Waals surface area contributed by atoms with Crippen LogP contribution in [0.15, 0.2) is 29.9 Å². The van der Waals surface area contributed by atoms with Gasteiger partial charge < -0.3 is 15.0 Å². The van der Waals surface area contributed by atoms with E-state index >= 15 is 0 Å². The van der Waals surface area contributed by atoms with Crippen LogP contribution < -0.4 is 5.32 Å². The summed E-state index contributed by atoms with van der Waals surface area (Å²) in [5.74, 6) is 1.33. The van der Waals surface area contributed by atoms with E-state index in [-0.39, 0.29) is 12.1 Å². The number of aliphatic hydroxyl groups is 1. The fourth-order valence-electron chi connectivity index (χ4n) is 2.67. The van der Waals surface area contributed by atoms with Gasteiger partial charge in [-0.2, -0.15) is 0 Å². The van der Waals surface area contributed by atoms with E-state index < -0.39 is 0 Å². The first-order valence-electron chi connectivity index (χ1n) is 7.59. The zero-order chi connectivity index (χ0) is 15.2. The molecule has 2 heterocycles. The zero-order valence-electron chi connectivity index (χ0n) is 13.0. The summed E-state index contributed by atoms with van der Waals surface area (Å²) in [4.78, 5) is 5.68. The second kappa shape index (κ2) is 7.73. The largest absolute Gasteiger partial charge is 0.392 e. The minimum Gasteiger partial charge on any atom is -0.392 e. The number of hydrogen-bond acceptors (Lipinski definition) is 4. The minimum atomic E-state index is -0.317. The van der Waals surface area contributed by atoms with Crippen LogP contribution in [0.1, 0.15) is 43.4 Å².